The van der Waals surface area contributed by atoms with Crippen LogP contribution in [0, 0.1) is 0 Å². The van der Waals surface area contributed by atoms with Crippen molar-refractivity contribution in [2.45, 2.75) is 296 Å². The normalized spacial score (nSPS) is 14.0. The number of amides is 1. The Kier molecular flexibility index (Phi) is 46.8. The fraction of sp³-hybridized carbons (Fsp3) is 0.945. The van der Waals surface area contributed by atoms with Gasteiger partial charge in [0.1, 0.15) is 13.2 Å². The van der Waals surface area contributed by atoms with Gasteiger partial charge in [0.25, 0.3) is 0 Å². The molecule has 0 saturated carbocycles. The Morgan fingerprint density at radius 1 is 0.516 bits per heavy atom. The van der Waals surface area contributed by atoms with Crippen LogP contribution in [0.25, 0.3) is 0 Å². The molecule has 0 spiro atoms. The Morgan fingerprint density at radius 2 is 0.844 bits per heavy atom. The van der Waals surface area contributed by atoms with Gasteiger partial charge < -0.3 is 19.8 Å². The van der Waals surface area contributed by atoms with Gasteiger partial charge in [-0.25, -0.2) is 4.57 Å². The highest BCUT2D eigenvalue weighted by Gasteiger charge is 2.28. The highest BCUT2D eigenvalue weighted by atomic mass is 31.2. The number of phosphoric ester groups is 1. The van der Waals surface area contributed by atoms with Crippen molar-refractivity contribution in [3.63, 3.8) is 0 Å². The first-order chi connectivity index (χ1) is 31.0. The summed E-state index contributed by atoms with van der Waals surface area (Å²) in [5.41, 5.74) is 0. The largest absolute Gasteiger partial charge is 0.472 e. The van der Waals surface area contributed by atoms with E-state index in [0.717, 1.165) is 38.5 Å². The summed E-state index contributed by atoms with van der Waals surface area (Å²) in [5.74, 6) is -0.141. The van der Waals surface area contributed by atoms with Crippen molar-refractivity contribution in [3.8, 4) is 0 Å². The lowest BCUT2D eigenvalue weighted by molar-refractivity contribution is -0.870. The Labute approximate surface area is 399 Å². The van der Waals surface area contributed by atoms with E-state index < -0.39 is 20.0 Å². The maximum Gasteiger partial charge on any atom is 0.472 e. The molecule has 0 aliphatic rings. The second kappa shape index (κ2) is 47.3. The molecule has 3 atom stereocenters. The molecule has 1 amide bonds. The number of allylic oxidation sites excluding steroid dienone is 2. The molecule has 3 N–H and O–H groups in total. The minimum atomic E-state index is -4.32. The zero-order valence-electron chi connectivity index (χ0n) is 43.6. The second-order valence-corrected chi connectivity index (χ2v) is 22.1. The third-order valence-corrected chi connectivity index (χ3v) is 14.0. The van der Waals surface area contributed by atoms with Crippen LogP contribution in [0.15, 0.2) is 12.2 Å². The molecule has 8 nitrogen and oxygen atoms in total. The molecular formula is C55H112N2O6P+. The average molecular weight is 928 g/mol. The molecule has 0 bridgehead atoms. The standard InChI is InChI=1S/C55H111N2O6P/c1-6-8-10-12-14-16-18-20-22-23-24-25-26-27-28-29-30-31-32-33-35-37-39-41-43-45-47-49-55(59)56-53(52-63-64(60,61)62-51-50-57(3,4)5)54(58)48-46-44-42-40-38-36-34-21-19-17-15-13-11-9-7-2/h27-28,53-54,58H,6-26,29-52H2,1-5H3,(H-,56,59,60,61)/p+1/b28-27-. The number of quaternary nitrogens is 1. The molecule has 64 heavy (non-hydrogen) atoms. The predicted octanol–water partition coefficient (Wildman–Crippen LogP) is 16.7. The van der Waals surface area contributed by atoms with Crippen LogP contribution < -0.4 is 5.32 Å². The molecule has 0 aromatic carbocycles. The third-order valence-electron chi connectivity index (χ3n) is 13.0. The number of nitrogens with zero attached hydrogens (tertiary/aromatic N) is 1. The van der Waals surface area contributed by atoms with Gasteiger partial charge in [-0.3, -0.25) is 13.8 Å². The molecule has 382 valence electrons. The molecular weight excluding hydrogens is 816 g/mol. The number of nitrogens with one attached hydrogen (secondary N) is 1. The predicted molar refractivity (Wildman–Crippen MR) is 277 cm³/mol. The summed E-state index contributed by atoms with van der Waals surface area (Å²) in [6.45, 7) is 4.93. The van der Waals surface area contributed by atoms with E-state index >= 15 is 0 Å². The van der Waals surface area contributed by atoms with Crippen molar-refractivity contribution in [1.29, 1.82) is 0 Å². The van der Waals surface area contributed by atoms with Crippen molar-refractivity contribution in [3.05, 3.63) is 12.2 Å². The van der Waals surface area contributed by atoms with Crippen molar-refractivity contribution in [2.24, 2.45) is 0 Å². The topological polar surface area (TPSA) is 105 Å². The van der Waals surface area contributed by atoms with Gasteiger partial charge in [0.15, 0.2) is 0 Å². The SMILES string of the molecule is CCCCCCCCCCCCCC/C=C\CCCCCCCCCCCCCC(=O)NC(COP(=O)(O)OCC[N+](C)(C)C)C(O)CCCCCCCCCCCCCCCCC. The molecule has 0 aromatic heterocycles. The number of rotatable bonds is 52. The number of hydrogen-bond acceptors (Lipinski definition) is 5. The second-order valence-electron chi connectivity index (χ2n) is 20.7. The van der Waals surface area contributed by atoms with Crippen LogP contribution in [-0.2, 0) is 18.4 Å². The van der Waals surface area contributed by atoms with Crippen LogP contribution in [-0.4, -0.2) is 73.4 Å². The molecule has 0 rings (SSSR count). The van der Waals surface area contributed by atoms with E-state index in [-0.39, 0.29) is 19.1 Å². The molecule has 0 fully saturated rings. The fourth-order valence-corrected chi connectivity index (χ4v) is 9.31. The highest BCUT2D eigenvalue weighted by molar-refractivity contribution is 7.47. The van der Waals surface area contributed by atoms with Crippen molar-refractivity contribution in [1.82, 2.24) is 5.32 Å². The summed E-state index contributed by atoms with van der Waals surface area (Å²) < 4.78 is 23.7. The summed E-state index contributed by atoms with van der Waals surface area (Å²) in [4.78, 5) is 23.3. The van der Waals surface area contributed by atoms with Gasteiger partial charge in [0.2, 0.25) is 5.91 Å². The number of carbonyl (C=O) groups excluding carboxylic acids is 1. The van der Waals surface area contributed by atoms with E-state index in [1.54, 1.807) is 0 Å². The Hall–Kier alpha value is -0.760. The molecule has 0 aliphatic carbocycles. The third kappa shape index (κ3) is 49.2. The van der Waals surface area contributed by atoms with E-state index in [1.807, 2.05) is 21.1 Å². The van der Waals surface area contributed by atoms with Crippen LogP contribution in [0.4, 0.5) is 0 Å². The van der Waals surface area contributed by atoms with E-state index in [2.05, 4.69) is 31.3 Å². The maximum atomic E-state index is 13.0. The van der Waals surface area contributed by atoms with Gasteiger partial charge in [-0.15, -0.1) is 0 Å². The van der Waals surface area contributed by atoms with Gasteiger partial charge in [0.05, 0.1) is 39.9 Å². The van der Waals surface area contributed by atoms with Crippen LogP contribution in [0.5, 0.6) is 0 Å². The molecule has 0 aromatic rings. The fourth-order valence-electron chi connectivity index (χ4n) is 8.57. The quantitative estimate of drug-likeness (QED) is 0.0243. The van der Waals surface area contributed by atoms with E-state index in [9.17, 15) is 19.4 Å². The van der Waals surface area contributed by atoms with Crippen LogP contribution in [0.1, 0.15) is 284 Å². The summed E-state index contributed by atoms with van der Waals surface area (Å²) in [5, 5.41) is 14.0. The number of aliphatic hydroxyl groups is 1. The number of unbranched alkanes of at least 4 members (excludes halogenated alkanes) is 37. The molecule has 0 saturated heterocycles. The molecule has 3 unspecified atom stereocenters. The summed E-state index contributed by atoms with van der Waals surface area (Å²) in [6, 6.07) is -0.757. The Bertz CT molecular complexity index is 1050. The number of hydrogen-bond donors (Lipinski definition) is 3. The van der Waals surface area contributed by atoms with Crippen LogP contribution in [0.3, 0.4) is 0 Å². The first-order valence-electron chi connectivity index (χ1n) is 28.1. The zero-order valence-corrected chi connectivity index (χ0v) is 44.4. The van der Waals surface area contributed by atoms with Gasteiger partial charge in [-0.1, -0.05) is 251 Å². The van der Waals surface area contributed by atoms with Crippen LogP contribution >= 0.6 is 7.82 Å². The molecule has 0 heterocycles. The lowest BCUT2D eigenvalue weighted by Crippen LogP contribution is -2.46. The maximum absolute atomic E-state index is 13.0. The summed E-state index contributed by atoms with van der Waals surface area (Å²) >= 11 is 0. The van der Waals surface area contributed by atoms with Gasteiger partial charge in [-0.2, -0.15) is 0 Å². The summed E-state index contributed by atoms with van der Waals surface area (Å²) in [6.07, 6.45) is 56.9. The zero-order chi connectivity index (χ0) is 47.1. The highest BCUT2D eigenvalue weighted by Crippen LogP contribution is 2.43. The van der Waals surface area contributed by atoms with E-state index in [1.165, 1.54) is 218 Å². The number of carbonyl (C=O) groups is 1. The van der Waals surface area contributed by atoms with Crippen molar-refractivity contribution in [2.75, 3.05) is 40.9 Å². The lowest BCUT2D eigenvalue weighted by atomic mass is 10.0. The number of likely N-dealkylation sites (N-methyl/N-ethyl adjacent to an activating group) is 1. The first-order valence-corrected chi connectivity index (χ1v) is 29.5. The van der Waals surface area contributed by atoms with E-state index in [0.29, 0.717) is 23.9 Å². The molecule has 9 heteroatoms. The Morgan fingerprint density at radius 3 is 1.20 bits per heavy atom. The van der Waals surface area contributed by atoms with Gasteiger partial charge in [0, 0.05) is 6.42 Å². The number of phosphoric acid groups is 1. The van der Waals surface area contributed by atoms with Gasteiger partial charge >= 0.3 is 7.82 Å². The smallest absolute Gasteiger partial charge is 0.391 e. The van der Waals surface area contributed by atoms with Gasteiger partial charge in [-0.05, 0) is 38.5 Å². The monoisotopic (exact) mass is 928 g/mol. The van der Waals surface area contributed by atoms with Crippen molar-refractivity contribution < 1.29 is 32.9 Å². The number of aliphatic hydroxyl groups excluding tert-OH is 1. The summed E-state index contributed by atoms with van der Waals surface area (Å²) in [7, 11) is 1.63. The van der Waals surface area contributed by atoms with Crippen molar-refractivity contribution >= 4 is 13.7 Å². The Balaban J connectivity index is 4.10. The first kappa shape index (κ1) is 63.2. The lowest BCUT2D eigenvalue weighted by Gasteiger charge is -2.26. The molecule has 0 aliphatic heterocycles. The molecule has 0 radical (unpaired) electrons. The minimum absolute atomic E-state index is 0.0770. The average Bonchev–Trinajstić information content (AvgIpc) is 3.25. The van der Waals surface area contributed by atoms with Crippen LogP contribution in [0.2, 0.25) is 0 Å². The van der Waals surface area contributed by atoms with E-state index in [4.69, 9.17) is 9.05 Å². The minimum Gasteiger partial charge on any atom is -0.391 e.